The summed E-state index contributed by atoms with van der Waals surface area (Å²) in [5.41, 5.74) is 4.10. The largest absolute Gasteiger partial charge is 0.396 e. The highest BCUT2D eigenvalue weighted by Crippen LogP contribution is 2.42. The van der Waals surface area contributed by atoms with Crippen LogP contribution in [-0.4, -0.2) is 52.3 Å². The van der Waals surface area contributed by atoms with Gasteiger partial charge in [-0.2, -0.15) is 5.26 Å². The molecule has 3 atom stereocenters. The number of nitrogens with zero attached hydrogens (tertiary/aromatic N) is 2. The minimum Gasteiger partial charge on any atom is -0.396 e. The Kier molecular flexibility index (Phi) is 9.48. The Balaban J connectivity index is 5.04. The standard InChI is InChI=1S/C13H28N3O3P/c1-10(2)16(11(3)4)20-13(18,12(8-15)9-17)19-7-5-6-14/h10-12,17-18,20H,5,7-9,15H2,1-4H3/t12-,13-/m1/s1. The molecule has 0 heterocycles. The quantitative estimate of drug-likeness (QED) is 0.314. The molecule has 4 N–H and O–H groups in total. The number of nitrogens with two attached hydrogens (primary N) is 1. The van der Waals surface area contributed by atoms with E-state index >= 15 is 0 Å². The maximum atomic E-state index is 10.8. The summed E-state index contributed by atoms with van der Waals surface area (Å²) in [6.07, 6.45) is 0.193. The zero-order valence-electron chi connectivity index (χ0n) is 12.8. The van der Waals surface area contributed by atoms with Crippen LogP contribution in [0, 0.1) is 17.2 Å². The Morgan fingerprint density at radius 3 is 2.25 bits per heavy atom. The number of ether oxygens (including phenoxy) is 1. The summed E-state index contributed by atoms with van der Waals surface area (Å²) in [6.45, 7) is 8.16. The average Bonchev–Trinajstić information content (AvgIpc) is 2.37. The predicted molar refractivity (Wildman–Crippen MR) is 81.2 cm³/mol. The monoisotopic (exact) mass is 305 g/mol. The van der Waals surface area contributed by atoms with Crippen LogP contribution in [0.25, 0.3) is 0 Å². The smallest absolute Gasteiger partial charge is 0.201 e. The lowest BCUT2D eigenvalue weighted by molar-refractivity contribution is -0.176. The molecule has 0 radical (unpaired) electrons. The molecule has 118 valence electrons. The third-order valence-corrected chi connectivity index (χ3v) is 5.16. The highest BCUT2D eigenvalue weighted by molar-refractivity contribution is 7.36. The molecule has 1 unspecified atom stereocenters. The molecule has 0 aliphatic carbocycles. The summed E-state index contributed by atoms with van der Waals surface area (Å²) in [6, 6.07) is 2.44. The van der Waals surface area contributed by atoms with Crippen LogP contribution in [0.5, 0.6) is 0 Å². The van der Waals surface area contributed by atoms with E-state index in [2.05, 4.69) is 4.67 Å². The molecule has 0 amide bonds. The second-order valence-electron chi connectivity index (χ2n) is 5.27. The molecule has 7 heteroatoms. The lowest BCUT2D eigenvalue weighted by Gasteiger charge is -2.41. The fourth-order valence-corrected chi connectivity index (χ4v) is 3.34. The van der Waals surface area contributed by atoms with Crippen LogP contribution in [0.1, 0.15) is 34.1 Å². The number of rotatable bonds is 10. The van der Waals surface area contributed by atoms with Crippen LogP contribution in [0.4, 0.5) is 0 Å². The molecule has 0 rings (SSSR count). The maximum Gasteiger partial charge on any atom is 0.201 e. The Morgan fingerprint density at radius 1 is 1.35 bits per heavy atom. The van der Waals surface area contributed by atoms with Crippen LogP contribution >= 0.6 is 8.73 Å². The number of aliphatic hydroxyl groups is 2. The molecular formula is C13H28N3O3P. The van der Waals surface area contributed by atoms with Gasteiger partial charge in [-0.3, -0.25) is 4.67 Å². The fourth-order valence-electron chi connectivity index (χ4n) is 1.89. The van der Waals surface area contributed by atoms with Gasteiger partial charge in [0.05, 0.1) is 31.6 Å². The second-order valence-corrected chi connectivity index (χ2v) is 6.73. The van der Waals surface area contributed by atoms with Gasteiger partial charge in [0, 0.05) is 27.4 Å². The van der Waals surface area contributed by atoms with E-state index in [-0.39, 0.29) is 47.0 Å². The highest BCUT2D eigenvalue weighted by atomic mass is 31.1. The maximum absolute atomic E-state index is 10.8. The summed E-state index contributed by atoms with van der Waals surface area (Å²) in [4.78, 5) is 0. The zero-order valence-corrected chi connectivity index (χ0v) is 13.8. The van der Waals surface area contributed by atoms with Crippen LogP contribution in [-0.2, 0) is 4.74 Å². The van der Waals surface area contributed by atoms with Gasteiger partial charge in [-0.1, -0.05) is 0 Å². The molecule has 6 nitrogen and oxygen atoms in total. The average molecular weight is 305 g/mol. The topological polar surface area (TPSA) is 103 Å². The third kappa shape index (κ3) is 6.01. The third-order valence-electron chi connectivity index (χ3n) is 3.00. The second kappa shape index (κ2) is 9.62. The lowest BCUT2D eigenvalue weighted by Crippen LogP contribution is -2.47. The van der Waals surface area contributed by atoms with Gasteiger partial charge >= 0.3 is 0 Å². The number of aliphatic hydroxyl groups excluding tert-OH is 1. The Morgan fingerprint density at radius 2 is 1.90 bits per heavy atom. The van der Waals surface area contributed by atoms with Gasteiger partial charge in [-0.05, 0) is 27.7 Å². The first-order valence-electron chi connectivity index (χ1n) is 6.92. The van der Waals surface area contributed by atoms with Crippen LogP contribution < -0.4 is 5.73 Å². The molecule has 0 spiro atoms. The van der Waals surface area contributed by atoms with E-state index in [0.29, 0.717) is 0 Å². The number of hydrogen-bond acceptors (Lipinski definition) is 6. The summed E-state index contributed by atoms with van der Waals surface area (Å²) in [7, 11) is -0.0495. The van der Waals surface area contributed by atoms with Crippen molar-refractivity contribution in [1.29, 1.82) is 5.26 Å². The normalized spacial score (nSPS) is 17.1. The SMILES string of the molecule is CC(C)N(P[C@](O)(OCCC#N)[C@H](CN)CO)C(C)C. The molecular weight excluding hydrogens is 277 g/mol. The van der Waals surface area contributed by atoms with Gasteiger partial charge in [-0.25, -0.2) is 0 Å². The summed E-state index contributed by atoms with van der Waals surface area (Å²) >= 11 is 0. The molecule has 0 aliphatic heterocycles. The van der Waals surface area contributed by atoms with Gasteiger partial charge < -0.3 is 20.7 Å². The summed E-state index contributed by atoms with van der Waals surface area (Å²) in [5, 5.41) is 28.8. The Labute approximate surface area is 123 Å². The Hall–Kier alpha value is -0.280. The first kappa shape index (κ1) is 19.7. The molecule has 0 aromatic carbocycles. The Bertz CT molecular complexity index is 298. The van der Waals surface area contributed by atoms with E-state index in [4.69, 9.17) is 15.7 Å². The first-order chi connectivity index (χ1) is 9.32. The molecule has 0 bridgehead atoms. The van der Waals surface area contributed by atoms with Crippen molar-refractivity contribution in [2.24, 2.45) is 11.7 Å². The van der Waals surface area contributed by atoms with Gasteiger partial charge in [0.2, 0.25) is 5.53 Å². The van der Waals surface area contributed by atoms with Crippen molar-refractivity contribution in [1.82, 2.24) is 4.67 Å². The van der Waals surface area contributed by atoms with E-state index in [1.54, 1.807) is 0 Å². The van der Waals surface area contributed by atoms with Crippen molar-refractivity contribution in [2.75, 3.05) is 19.8 Å². The number of nitriles is 1. The van der Waals surface area contributed by atoms with Crippen molar-refractivity contribution >= 4 is 8.73 Å². The van der Waals surface area contributed by atoms with Gasteiger partial charge in [0.1, 0.15) is 0 Å². The first-order valence-corrected chi connectivity index (χ1v) is 7.87. The molecule has 0 fully saturated rings. The van der Waals surface area contributed by atoms with Crippen LogP contribution in [0.3, 0.4) is 0 Å². The molecule has 0 aromatic rings. The van der Waals surface area contributed by atoms with Crippen LogP contribution in [0.15, 0.2) is 0 Å². The number of hydrogen-bond donors (Lipinski definition) is 3. The molecule has 0 saturated carbocycles. The van der Waals surface area contributed by atoms with Gasteiger partial charge in [0.25, 0.3) is 0 Å². The van der Waals surface area contributed by atoms with E-state index in [1.807, 2.05) is 33.8 Å². The molecule has 0 aliphatic rings. The molecule has 20 heavy (non-hydrogen) atoms. The van der Waals surface area contributed by atoms with E-state index < -0.39 is 11.4 Å². The summed E-state index contributed by atoms with van der Waals surface area (Å²) < 4.78 is 7.61. The molecule has 0 saturated heterocycles. The van der Waals surface area contributed by atoms with Crippen LogP contribution in [0.2, 0.25) is 0 Å². The van der Waals surface area contributed by atoms with E-state index in [9.17, 15) is 10.2 Å². The minimum absolute atomic E-state index is 0.0495. The van der Waals surface area contributed by atoms with Crippen molar-refractivity contribution in [3.05, 3.63) is 0 Å². The van der Waals surface area contributed by atoms with Crippen molar-refractivity contribution < 1.29 is 14.9 Å². The fraction of sp³-hybridized carbons (Fsp3) is 0.923. The predicted octanol–water partition coefficient (Wildman–Crippen LogP) is 0.842. The van der Waals surface area contributed by atoms with Crippen molar-refractivity contribution in [3.63, 3.8) is 0 Å². The highest BCUT2D eigenvalue weighted by Gasteiger charge is 2.39. The van der Waals surface area contributed by atoms with Crippen molar-refractivity contribution in [3.8, 4) is 6.07 Å². The van der Waals surface area contributed by atoms with Gasteiger partial charge in [-0.15, -0.1) is 0 Å². The van der Waals surface area contributed by atoms with E-state index in [1.165, 1.54) is 0 Å². The molecule has 0 aromatic heterocycles. The van der Waals surface area contributed by atoms with E-state index in [0.717, 1.165) is 0 Å². The van der Waals surface area contributed by atoms with Crippen molar-refractivity contribution in [2.45, 2.75) is 51.7 Å². The zero-order chi connectivity index (χ0) is 15.8. The minimum atomic E-state index is -1.52. The lowest BCUT2D eigenvalue weighted by atomic mass is 10.1. The van der Waals surface area contributed by atoms with Gasteiger partial charge in [0.15, 0.2) is 0 Å². The summed E-state index contributed by atoms with van der Waals surface area (Å²) in [5.74, 6) is -0.570.